The van der Waals surface area contributed by atoms with E-state index in [9.17, 15) is 136 Å². The molecule has 49 heteroatoms. The van der Waals surface area contributed by atoms with Gasteiger partial charge in [-0.2, -0.15) is 0 Å². The fourth-order valence-electron chi connectivity index (χ4n) is 11.0. The molecule has 32 N–H and O–H groups in total. The fraction of sp³-hybridized carbons (Fsp3) is 0.523. The molecular weight excluding hydrogens is 1520 g/mol. The first-order valence-corrected chi connectivity index (χ1v) is 34.7. The standard InChI is InChI=1S/C65H93N21O28/c1-25(74-55(104)31(10-13-47(93)94)77-58(107)39(22-46(70)92)85-64(113)51(71)27(3)87)53(102)76-32(11-14-48(95)96)56(105)82-37(20-44(68)90)61(110)81-35(17-28-24-73-30-8-5-4-7-29(28)30)57(106)75-26(2)54(103)80-40(23-50(99)100)62(111)83-36(19-43(67)89)59(108)78-33(12-15-49(97)98)65(114)86-16-6-9-41(86)63(112)84-38(21-45(69)91)60(109)79-34(52(72)101)18-42(66)88/h4-5,7-8,24-27,31-41,51,73,87H,6,9-23,71H2,1-3H3,(H2,66,88)(H2,67,89)(H2,68,90)(H2,69,91)(H2,70,92)(H2,72,101)(H,74,104)(H,75,106)(H,76,102)(H,77,107)(H,78,108)(H,79,109)(H,80,103)(H,81,110)(H,82,105)(H,83,111)(H,84,112)(H,85,113)(H,93,94)(H,95,96)(H,97,98)(H,99,100)/t25-,26-,27+,31-,32-,33-,34-,35-,36-,37-,38-,39-,40-,41-,51-/m0/s1. The number of aromatic nitrogens is 1. The Morgan fingerprint density at radius 1 is 0.412 bits per heavy atom. The van der Waals surface area contributed by atoms with Crippen molar-refractivity contribution < 1.29 is 136 Å². The number of likely N-dealkylation sites (tertiary alicyclic amines) is 1. The molecule has 626 valence electrons. The lowest BCUT2D eigenvalue weighted by Gasteiger charge is -2.30. The average Bonchev–Trinajstić information content (AvgIpc) is 1.61. The van der Waals surface area contributed by atoms with Crippen LogP contribution in [-0.4, -0.2) is 269 Å². The van der Waals surface area contributed by atoms with Crippen LogP contribution >= 0.6 is 0 Å². The van der Waals surface area contributed by atoms with E-state index in [-0.39, 0.29) is 24.9 Å². The summed E-state index contributed by atoms with van der Waals surface area (Å²) in [6.07, 6.45) is -11.7. The Morgan fingerprint density at radius 2 is 0.746 bits per heavy atom. The molecule has 1 saturated heterocycles. The number of amides is 19. The maximum atomic E-state index is 14.5. The van der Waals surface area contributed by atoms with Crippen LogP contribution in [0.5, 0.6) is 0 Å². The van der Waals surface area contributed by atoms with Gasteiger partial charge >= 0.3 is 23.9 Å². The maximum absolute atomic E-state index is 14.5. The van der Waals surface area contributed by atoms with E-state index < -0.39 is 310 Å². The zero-order valence-electron chi connectivity index (χ0n) is 61.5. The highest BCUT2D eigenvalue weighted by Crippen LogP contribution is 2.22. The lowest BCUT2D eigenvalue weighted by atomic mass is 10.0. The van der Waals surface area contributed by atoms with Crippen molar-refractivity contribution in [1.29, 1.82) is 0 Å². The van der Waals surface area contributed by atoms with Crippen molar-refractivity contribution in [3.05, 3.63) is 36.0 Å². The number of benzene rings is 1. The minimum Gasteiger partial charge on any atom is -0.481 e. The molecule has 0 saturated carbocycles. The number of carboxylic acids is 4. The second kappa shape index (κ2) is 45.0. The molecule has 2 heterocycles. The van der Waals surface area contributed by atoms with Gasteiger partial charge in [-0.1, -0.05) is 18.2 Å². The van der Waals surface area contributed by atoms with Gasteiger partial charge in [-0.15, -0.1) is 0 Å². The van der Waals surface area contributed by atoms with Crippen LogP contribution in [0.1, 0.15) is 116 Å². The van der Waals surface area contributed by atoms with Crippen molar-refractivity contribution in [3.63, 3.8) is 0 Å². The summed E-state index contributed by atoms with van der Waals surface area (Å²) in [5.41, 5.74) is 38.2. The third-order valence-corrected chi connectivity index (χ3v) is 16.9. The highest BCUT2D eigenvalue weighted by molar-refractivity contribution is 6.03. The van der Waals surface area contributed by atoms with Crippen molar-refractivity contribution >= 4 is 147 Å². The highest BCUT2D eigenvalue weighted by atomic mass is 16.4. The van der Waals surface area contributed by atoms with E-state index in [0.29, 0.717) is 10.9 Å². The maximum Gasteiger partial charge on any atom is 0.305 e. The zero-order valence-corrected chi connectivity index (χ0v) is 61.5. The lowest BCUT2D eigenvalue weighted by molar-refractivity contribution is -0.144. The third-order valence-electron chi connectivity index (χ3n) is 16.9. The number of nitrogens with two attached hydrogens (primary N) is 7. The number of fused-ring (bicyclic) bond motifs is 1. The minimum absolute atomic E-state index is 0.0453. The van der Waals surface area contributed by atoms with E-state index in [2.05, 4.69) is 63.5 Å². The van der Waals surface area contributed by atoms with Gasteiger partial charge in [0.05, 0.1) is 44.6 Å². The quantitative estimate of drug-likeness (QED) is 0.0292. The number of aliphatic hydroxyl groups is 1. The van der Waals surface area contributed by atoms with E-state index in [1.807, 2.05) is 5.32 Å². The van der Waals surface area contributed by atoms with Crippen molar-refractivity contribution in [3.8, 4) is 0 Å². The molecule has 1 aliphatic rings. The van der Waals surface area contributed by atoms with Crippen LogP contribution in [-0.2, 0) is 117 Å². The van der Waals surface area contributed by atoms with Crippen LogP contribution in [0.25, 0.3) is 10.9 Å². The predicted octanol–water partition coefficient (Wildman–Crippen LogP) is -12.8. The molecule has 19 amide bonds. The summed E-state index contributed by atoms with van der Waals surface area (Å²) in [7, 11) is 0. The lowest BCUT2D eigenvalue weighted by Crippen LogP contribution is -2.61. The smallest absolute Gasteiger partial charge is 0.305 e. The second-order valence-corrected chi connectivity index (χ2v) is 26.2. The summed E-state index contributed by atoms with van der Waals surface area (Å²) in [5, 5.41) is 74.6. The largest absolute Gasteiger partial charge is 0.481 e. The van der Waals surface area contributed by atoms with E-state index in [0.717, 1.165) is 25.7 Å². The van der Waals surface area contributed by atoms with Gasteiger partial charge in [0.15, 0.2) is 0 Å². The van der Waals surface area contributed by atoms with Gasteiger partial charge in [0, 0.05) is 49.3 Å². The van der Waals surface area contributed by atoms with Crippen LogP contribution < -0.4 is 104 Å². The highest BCUT2D eigenvalue weighted by Gasteiger charge is 2.42. The van der Waals surface area contributed by atoms with Crippen LogP contribution in [0.2, 0.25) is 0 Å². The molecule has 2 aromatic rings. The number of hydrogen-bond donors (Lipinski definition) is 25. The van der Waals surface area contributed by atoms with Gasteiger partial charge < -0.3 is 139 Å². The summed E-state index contributed by atoms with van der Waals surface area (Å²) in [5.74, 6) is -30.7. The summed E-state index contributed by atoms with van der Waals surface area (Å²) < 4.78 is 0. The number of aliphatic carboxylic acids is 4. The number of aromatic amines is 1. The van der Waals surface area contributed by atoms with Crippen molar-refractivity contribution in [2.24, 2.45) is 40.1 Å². The molecule has 1 fully saturated rings. The van der Waals surface area contributed by atoms with Crippen LogP contribution in [0, 0.1) is 0 Å². The Morgan fingerprint density at radius 3 is 1.17 bits per heavy atom. The molecule has 0 spiro atoms. The summed E-state index contributed by atoms with van der Waals surface area (Å²) in [6.45, 7) is 2.83. The summed E-state index contributed by atoms with van der Waals surface area (Å²) in [4.78, 5) is 304. The minimum atomic E-state index is -2.24. The number of carboxylic acid groups (broad SMARTS) is 4. The number of carbonyl (C=O) groups is 23. The molecule has 1 aliphatic heterocycles. The number of carbonyl (C=O) groups excluding carboxylic acids is 19. The second-order valence-electron chi connectivity index (χ2n) is 26.2. The van der Waals surface area contributed by atoms with E-state index in [1.54, 1.807) is 24.3 Å². The SMILES string of the molecule is C[C@H](NC(=O)[C@H](Cc1c[nH]c2ccccc12)NC(=O)[C@H](CC(N)=O)NC(=O)[C@H](CCC(=O)O)NC(=O)[C@H](C)NC(=O)[C@H](CCC(=O)O)NC(=O)[C@H](CC(N)=O)NC(=O)[C@@H](N)[C@@H](C)O)C(=O)N[C@@H](CC(=O)O)C(=O)N[C@@H](CC(N)=O)C(=O)N[C@@H](CCC(=O)O)C(=O)N1CCC[C@H]1C(=O)N[C@@H](CC(N)=O)C(=O)N[C@@H](CC(N)=O)C(N)=O. The first kappa shape index (κ1) is 94.7. The Hall–Kier alpha value is -13.5. The first-order valence-electron chi connectivity index (χ1n) is 34.7. The number of primary amides is 6. The molecule has 114 heavy (non-hydrogen) atoms. The fourth-order valence-corrected chi connectivity index (χ4v) is 11.0. The third kappa shape index (κ3) is 31.8. The Kier molecular flexibility index (Phi) is 37.4. The molecule has 0 unspecified atom stereocenters. The molecule has 49 nitrogen and oxygen atoms in total. The number of nitrogens with one attached hydrogen (secondary N) is 13. The van der Waals surface area contributed by atoms with E-state index >= 15 is 0 Å². The number of H-pyrrole nitrogens is 1. The van der Waals surface area contributed by atoms with Crippen LogP contribution in [0.15, 0.2) is 30.5 Å². The van der Waals surface area contributed by atoms with Gasteiger partial charge in [-0.05, 0) is 64.5 Å². The van der Waals surface area contributed by atoms with Crippen molar-refractivity contribution in [2.75, 3.05) is 6.54 Å². The normalized spacial score (nSPS) is 16.0. The summed E-state index contributed by atoms with van der Waals surface area (Å²) >= 11 is 0. The van der Waals surface area contributed by atoms with E-state index in [1.165, 1.54) is 6.20 Å². The van der Waals surface area contributed by atoms with Gasteiger partial charge in [0.1, 0.15) is 84.6 Å². The van der Waals surface area contributed by atoms with Crippen molar-refractivity contribution in [2.45, 2.75) is 208 Å². The molecule has 1 aromatic carbocycles. The molecule has 0 bridgehead atoms. The molecule has 1 aromatic heterocycles. The topological polar surface area (TPSA) is 839 Å². The molecular formula is C65H93N21O28. The first-order chi connectivity index (χ1) is 53.2. The number of hydrogen-bond acceptors (Lipinski definition) is 25. The van der Waals surface area contributed by atoms with Crippen LogP contribution in [0.3, 0.4) is 0 Å². The van der Waals surface area contributed by atoms with E-state index in [4.69, 9.17) is 40.1 Å². The number of para-hydroxylation sites is 1. The Bertz CT molecular complexity index is 4020. The number of rotatable bonds is 50. The molecule has 0 radical (unpaired) electrons. The molecule has 3 rings (SSSR count). The van der Waals surface area contributed by atoms with Gasteiger partial charge in [0.2, 0.25) is 112 Å². The molecule has 0 aliphatic carbocycles. The van der Waals surface area contributed by atoms with Gasteiger partial charge in [0.25, 0.3) is 0 Å². The Labute approximate surface area is 645 Å². The number of aliphatic hydroxyl groups excluding tert-OH is 1. The van der Waals surface area contributed by atoms with Crippen LogP contribution in [0.4, 0.5) is 0 Å². The zero-order chi connectivity index (χ0) is 86.3. The van der Waals surface area contributed by atoms with Gasteiger partial charge in [-0.25, -0.2) is 0 Å². The number of nitrogens with zero attached hydrogens (tertiary/aromatic N) is 1. The molecule has 15 atom stereocenters. The van der Waals surface area contributed by atoms with Crippen molar-refractivity contribution in [1.82, 2.24) is 73.7 Å². The monoisotopic (exact) mass is 1620 g/mol. The summed E-state index contributed by atoms with van der Waals surface area (Å²) in [6, 6.07) is -20.1. The Balaban J connectivity index is 1.94. The predicted molar refractivity (Wildman–Crippen MR) is 382 cm³/mol. The van der Waals surface area contributed by atoms with Gasteiger partial charge in [-0.3, -0.25) is 110 Å². The average molecular weight is 1620 g/mol.